The van der Waals surface area contributed by atoms with E-state index in [9.17, 15) is 18.3 Å². The van der Waals surface area contributed by atoms with Gasteiger partial charge in [-0.25, -0.2) is 4.98 Å². The maximum absolute atomic E-state index is 13.8. The second kappa shape index (κ2) is 7.68. The molecule has 10 heteroatoms. The lowest BCUT2D eigenvalue weighted by Crippen LogP contribution is -2.55. The van der Waals surface area contributed by atoms with Crippen molar-refractivity contribution in [2.24, 2.45) is 5.10 Å². The van der Waals surface area contributed by atoms with Crippen LogP contribution in [0.25, 0.3) is 11.3 Å². The number of methoxy groups -OCH3 is 1. The Kier molecular flexibility index (Phi) is 5.33. The van der Waals surface area contributed by atoms with Crippen molar-refractivity contribution >= 4 is 38.1 Å². The van der Waals surface area contributed by atoms with Crippen molar-refractivity contribution in [2.45, 2.75) is 18.3 Å². The minimum atomic E-state index is -4.94. The number of aliphatic hydroxyl groups is 1. The van der Waals surface area contributed by atoms with E-state index in [1.54, 1.807) is 41.8 Å². The molecule has 1 aliphatic heterocycles. The summed E-state index contributed by atoms with van der Waals surface area (Å²) in [5, 5.41) is 16.9. The average Bonchev–Trinajstić information content (AvgIpc) is 3.33. The fraction of sp³-hybridized carbons (Fsp3) is 0.200. The van der Waals surface area contributed by atoms with Gasteiger partial charge in [-0.15, -0.1) is 11.3 Å². The number of thiazole rings is 1. The van der Waals surface area contributed by atoms with E-state index < -0.39 is 18.3 Å². The molecule has 1 atom stereocenters. The number of hydrazone groups is 1. The number of anilines is 1. The van der Waals surface area contributed by atoms with Crippen LogP contribution >= 0.6 is 27.3 Å². The third kappa shape index (κ3) is 3.70. The SMILES string of the molecule is COc1ccc(C2=NN(c3nc(-c4ccc(Br)cc4)cs3)[C@@](O)(C(F)(F)F)C2)cc1. The summed E-state index contributed by atoms with van der Waals surface area (Å²) in [6.45, 7) is 0. The minimum Gasteiger partial charge on any atom is -0.497 e. The Hall–Kier alpha value is -2.43. The number of benzene rings is 2. The monoisotopic (exact) mass is 497 g/mol. The zero-order valence-corrected chi connectivity index (χ0v) is 17.9. The van der Waals surface area contributed by atoms with Gasteiger partial charge in [-0.3, -0.25) is 0 Å². The first-order chi connectivity index (χ1) is 14.2. The number of hydrogen-bond acceptors (Lipinski definition) is 6. The number of hydrogen-bond donors (Lipinski definition) is 1. The van der Waals surface area contributed by atoms with Crippen LogP contribution < -0.4 is 9.75 Å². The van der Waals surface area contributed by atoms with Crippen molar-refractivity contribution in [1.29, 1.82) is 0 Å². The molecule has 0 fully saturated rings. The molecule has 3 aromatic rings. The van der Waals surface area contributed by atoms with Crippen molar-refractivity contribution in [2.75, 3.05) is 12.1 Å². The smallest absolute Gasteiger partial charge is 0.438 e. The Labute approximate surface area is 182 Å². The van der Waals surface area contributed by atoms with E-state index in [0.717, 1.165) is 21.4 Å². The number of aromatic nitrogens is 1. The fourth-order valence-corrected chi connectivity index (χ4v) is 4.14. The first-order valence-corrected chi connectivity index (χ1v) is 10.4. The van der Waals surface area contributed by atoms with Crippen molar-refractivity contribution in [3.8, 4) is 17.0 Å². The lowest BCUT2D eigenvalue weighted by atomic mass is 10.0. The van der Waals surface area contributed by atoms with Crippen molar-refractivity contribution in [1.82, 2.24) is 4.98 Å². The summed E-state index contributed by atoms with van der Waals surface area (Å²) in [6, 6.07) is 13.7. The molecule has 2 aromatic carbocycles. The van der Waals surface area contributed by atoms with E-state index >= 15 is 0 Å². The van der Waals surface area contributed by atoms with Gasteiger partial charge in [-0.1, -0.05) is 28.1 Å². The van der Waals surface area contributed by atoms with Gasteiger partial charge in [0.05, 0.1) is 24.9 Å². The molecular formula is C20H15BrF3N3O2S. The summed E-state index contributed by atoms with van der Waals surface area (Å²) >= 11 is 4.33. The number of rotatable bonds is 4. The summed E-state index contributed by atoms with van der Waals surface area (Å²) in [5.74, 6) is 0.569. The van der Waals surface area contributed by atoms with Gasteiger partial charge in [0, 0.05) is 15.4 Å². The second-order valence-electron chi connectivity index (χ2n) is 6.60. The third-order valence-electron chi connectivity index (χ3n) is 4.68. The summed E-state index contributed by atoms with van der Waals surface area (Å²) in [4.78, 5) is 4.30. The number of nitrogens with zero attached hydrogens (tertiary/aromatic N) is 3. The molecule has 1 aliphatic rings. The standard InChI is InChI=1S/C20H15BrF3N3O2S/c1-29-15-8-4-12(5-9-15)16-10-19(28,20(22,23)24)27(26-16)18-25-17(11-30-18)13-2-6-14(21)7-3-13/h2-9,11,28H,10H2,1H3/t19-/m0/s1. The lowest BCUT2D eigenvalue weighted by Gasteiger charge is -2.32. The van der Waals surface area contributed by atoms with Gasteiger partial charge in [0.25, 0.3) is 5.72 Å². The Morgan fingerprint density at radius 2 is 1.73 bits per heavy atom. The molecule has 0 aliphatic carbocycles. The molecule has 0 saturated carbocycles. The normalized spacial score (nSPS) is 19.1. The van der Waals surface area contributed by atoms with E-state index in [1.165, 1.54) is 7.11 Å². The molecule has 0 saturated heterocycles. The van der Waals surface area contributed by atoms with Gasteiger partial charge < -0.3 is 9.84 Å². The van der Waals surface area contributed by atoms with Crippen LogP contribution in [-0.2, 0) is 0 Å². The maximum Gasteiger partial charge on any atom is 0.438 e. The highest BCUT2D eigenvalue weighted by molar-refractivity contribution is 9.10. The van der Waals surface area contributed by atoms with Crippen molar-refractivity contribution in [3.63, 3.8) is 0 Å². The molecule has 30 heavy (non-hydrogen) atoms. The third-order valence-corrected chi connectivity index (χ3v) is 6.02. The van der Waals surface area contributed by atoms with Crippen LogP contribution in [0.5, 0.6) is 5.75 Å². The number of alkyl halides is 3. The van der Waals surface area contributed by atoms with Gasteiger partial charge >= 0.3 is 6.18 Å². The Morgan fingerprint density at radius 1 is 1.10 bits per heavy atom. The lowest BCUT2D eigenvalue weighted by molar-refractivity contribution is -0.254. The minimum absolute atomic E-state index is 0.0451. The first kappa shape index (κ1) is 20.8. The molecule has 4 rings (SSSR count). The Bertz CT molecular complexity index is 1080. The summed E-state index contributed by atoms with van der Waals surface area (Å²) in [5.41, 5.74) is -1.37. The van der Waals surface area contributed by atoms with Crippen LogP contribution in [0.4, 0.5) is 18.3 Å². The summed E-state index contributed by atoms with van der Waals surface area (Å²) in [6.07, 6.45) is -5.65. The first-order valence-electron chi connectivity index (χ1n) is 8.74. The van der Waals surface area contributed by atoms with E-state index in [0.29, 0.717) is 22.0 Å². The van der Waals surface area contributed by atoms with Crippen LogP contribution in [0.2, 0.25) is 0 Å². The molecule has 156 valence electrons. The zero-order valence-electron chi connectivity index (χ0n) is 15.5. The van der Waals surface area contributed by atoms with Crippen molar-refractivity contribution in [3.05, 3.63) is 63.9 Å². The van der Waals surface area contributed by atoms with Gasteiger partial charge in [-0.05, 0) is 42.0 Å². The van der Waals surface area contributed by atoms with E-state index in [-0.39, 0.29) is 10.8 Å². The van der Waals surface area contributed by atoms with Crippen LogP contribution in [0, 0.1) is 0 Å². The van der Waals surface area contributed by atoms with Gasteiger partial charge in [-0.2, -0.15) is 23.3 Å². The molecule has 5 nitrogen and oxygen atoms in total. The van der Waals surface area contributed by atoms with E-state index in [4.69, 9.17) is 4.74 Å². The highest BCUT2D eigenvalue weighted by Gasteiger charge is 2.62. The quantitative estimate of drug-likeness (QED) is 0.520. The van der Waals surface area contributed by atoms with Crippen LogP contribution in [0.1, 0.15) is 12.0 Å². The van der Waals surface area contributed by atoms with Crippen LogP contribution in [0.3, 0.4) is 0 Å². The van der Waals surface area contributed by atoms with E-state index in [1.807, 2.05) is 12.1 Å². The average molecular weight is 498 g/mol. The molecule has 0 radical (unpaired) electrons. The highest BCUT2D eigenvalue weighted by atomic mass is 79.9. The molecule has 0 bridgehead atoms. The van der Waals surface area contributed by atoms with Gasteiger partial charge in [0.15, 0.2) is 0 Å². The molecule has 2 heterocycles. The van der Waals surface area contributed by atoms with Gasteiger partial charge in [0.2, 0.25) is 5.13 Å². The van der Waals surface area contributed by atoms with E-state index in [2.05, 4.69) is 26.0 Å². The fourth-order valence-electron chi connectivity index (χ4n) is 3.03. The predicted octanol–water partition coefficient (Wildman–Crippen LogP) is 5.45. The topological polar surface area (TPSA) is 58.0 Å². The number of halogens is 4. The Morgan fingerprint density at radius 3 is 2.33 bits per heavy atom. The molecule has 0 spiro atoms. The van der Waals surface area contributed by atoms with Gasteiger partial charge in [0.1, 0.15) is 5.75 Å². The van der Waals surface area contributed by atoms with Crippen molar-refractivity contribution < 1.29 is 23.0 Å². The highest BCUT2D eigenvalue weighted by Crippen LogP contribution is 2.45. The predicted molar refractivity (Wildman–Crippen MR) is 113 cm³/mol. The number of ether oxygens (including phenoxy) is 1. The largest absolute Gasteiger partial charge is 0.497 e. The zero-order chi connectivity index (χ0) is 21.5. The Balaban J connectivity index is 1.72. The van der Waals surface area contributed by atoms with Crippen LogP contribution in [-0.4, -0.2) is 34.8 Å². The summed E-state index contributed by atoms with van der Waals surface area (Å²) < 4.78 is 47.5. The molecule has 0 amide bonds. The molecular weight excluding hydrogens is 483 g/mol. The second-order valence-corrected chi connectivity index (χ2v) is 8.35. The summed E-state index contributed by atoms with van der Waals surface area (Å²) in [7, 11) is 1.50. The molecule has 1 aromatic heterocycles. The molecule has 1 N–H and O–H groups in total. The molecule has 0 unspecified atom stereocenters. The van der Waals surface area contributed by atoms with Crippen LogP contribution in [0.15, 0.2) is 63.5 Å². The maximum atomic E-state index is 13.8.